The summed E-state index contributed by atoms with van der Waals surface area (Å²) in [6.07, 6.45) is -0.876. The third-order valence-electron chi connectivity index (χ3n) is 4.87. The van der Waals surface area contributed by atoms with E-state index in [1.807, 2.05) is 13.8 Å². The molecule has 3 amide bonds. The Morgan fingerprint density at radius 3 is 1.97 bits per heavy atom. The molecule has 8 N–H and O–H groups in total. The van der Waals surface area contributed by atoms with Crippen LogP contribution in [0, 0.1) is 5.92 Å². The van der Waals surface area contributed by atoms with Crippen molar-refractivity contribution in [2.24, 2.45) is 11.7 Å². The Balaban J connectivity index is 2.95. The van der Waals surface area contributed by atoms with Crippen molar-refractivity contribution >= 4 is 23.7 Å². The summed E-state index contributed by atoms with van der Waals surface area (Å²) in [7, 11) is 0. The van der Waals surface area contributed by atoms with Crippen LogP contribution in [0.1, 0.15) is 39.7 Å². The van der Waals surface area contributed by atoms with Crippen molar-refractivity contribution in [3.8, 4) is 5.75 Å². The fourth-order valence-corrected chi connectivity index (χ4v) is 3.02. The summed E-state index contributed by atoms with van der Waals surface area (Å²) in [5, 5.41) is 35.3. The number of hydrogen-bond acceptors (Lipinski definition) is 7. The number of phenolic OH excluding ortho intramolecular Hbond substituents is 1. The number of aromatic hydroxyl groups is 1. The quantitative estimate of drug-likeness (QED) is 0.209. The Kier molecular flexibility index (Phi) is 10.8. The SMILES string of the molecule is CC(C)CC(N)C(=O)NC(Cc1ccc(O)cc1)C(=O)NC(C)C(=O)NC(C(=O)O)C(C)O. The van der Waals surface area contributed by atoms with Crippen LogP contribution in [0.5, 0.6) is 5.75 Å². The monoisotopic (exact) mass is 466 g/mol. The zero-order valence-electron chi connectivity index (χ0n) is 19.2. The maximum absolute atomic E-state index is 12.9. The van der Waals surface area contributed by atoms with Gasteiger partial charge in [-0.1, -0.05) is 26.0 Å². The van der Waals surface area contributed by atoms with Gasteiger partial charge in [-0.05, 0) is 43.9 Å². The minimum absolute atomic E-state index is 0.0409. The van der Waals surface area contributed by atoms with Gasteiger partial charge < -0.3 is 37.0 Å². The molecule has 0 aromatic heterocycles. The van der Waals surface area contributed by atoms with E-state index < -0.39 is 54.0 Å². The van der Waals surface area contributed by atoms with Crippen LogP contribution in [0.3, 0.4) is 0 Å². The highest BCUT2D eigenvalue weighted by Crippen LogP contribution is 2.12. The van der Waals surface area contributed by atoms with Gasteiger partial charge in [-0.2, -0.15) is 0 Å². The van der Waals surface area contributed by atoms with E-state index in [0.717, 1.165) is 0 Å². The molecule has 184 valence electrons. The van der Waals surface area contributed by atoms with E-state index in [1.54, 1.807) is 12.1 Å². The number of carbonyl (C=O) groups is 4. The molecule has 0 saturated heterocycles. The third kappa shape index (κ3) is 9.46. The number of carboxylic acid groups (broad SMARTS) is 1. The van der Waals surface area contributed by atoms with Crippen molar-refractivity contribution in [2.45, 2.75) is 70.8 Å². The molecule has 0 heterocycles. The molecule has 0 spiro atoms. The van der Waals surface area contributed by atoms with Crippen LogP contribution in [-0.4, -0.2) is 69.3 Å². The first-order valence-corrected chi connectivity index (χ1v) is 10.7. The van der Waals surface area contributed by atoms with Crippen molar-refractivity contribution in [1.82, 2.24) is 16.0 Å². The zero-order valence-corrected chi connectivity index (χ0v) is 19.2. The normalized spacial score (nSPS) is 15.6. The summed E-state index contributed by atoms with van der Waals surface area (Å²) < 4.78 is 0. The number of nitrogens with two attached hydrogens (primary N) is 1. The second-order valence-corrected chi connectivity index (χ2v) is 8.46. The summed E-state index contributed by atoms with van der Waals surface area (Å²) in [5.41, 5.74) is 6.56. The van der Waals surface area contributed by atoms with Crippen LogP contribution in [0.15, 0.2) is 24.3 Å². The van der Waals surface area contributed by atoms with E-state index in [2.05, 4.69) is 16.0 Å². The van der Waals surface area contributed by atoms with Crippen molar-refractivity contribution in [1.29, 1.82) is 0 Å². The number of hydrogen-bond donors (Lipinski definition) is 7. The van der Waals surface area contributed by atoms with E-state index in [-0.39, 0.29) is 18.1 Å². The van der Waals surface area contributed by atoms with Crippen LogP contribution < -0.4 is 21.7 Å². The molecule has 1 rings (SSSR count). The molecule has 1 aromatic rings. The van der Waals surface area contributed by atoms with Crippen LogP contribution in [0.4, 0.5) is 0 Å². The lowest BCUT2D eigenvalue weighted by molar-refractivity contribution is -0.145. The van der Waals surface area contributed by atoms with Gasteiger partial charge in [0.15, 0.2) is 6.04 Å². The van der Waals surface area contributed by atoms with Crippen LogP contribution >= 0.6 is 0 Å². The van der Waals surface area contributed by atoms with Gasteiger partial charge in [0.2, 0.25) is 17.7 Å². The average Bonchev–Trinajstić information content (AvgIpc) is 2.71. The largest absolute Gasteiger partial charge is 0.508 e. The van der Waals surface area contributed by atoms with Gasteiger partial charge in [0.05, 0.1) is 12.1 Å². The first-order valence-electron chi connectivity index (χ1n) is 10.7. The lowest BCUT2D eigenvalue weighted by Gasteiger charge is -2.24. The van der Waals surface area contributed by atoms with Crippen LogP contribution in [-0.2, 0) is 25.6 Å². The fourth-order valence-electron chi connectivity index (χ4n) is 3.02. The first kappa shape index (κ1) is 27.9. The third-order valence-corrected chi connectivity index (χ3v) is 4.87. The summed E-state index contributed by atoms with van der Waals surface area (Å²) in [6.45, 7) is 6.38. The summed E-state index contributed by atoms with van der Waals surface area (Å²) in [4.78, 5) is 48.9. The second-order valence-electron chi connectivity index (χ2n) is 8.46. The van der Waals surface area contributed by atoms with Gasteiger partial charge >= 0.3 is 5.97 Å². The highest BCUT2D eigenvalue weighted by Gasteiger charge is 2.30. The van der Waals surface area contributed by atoms with Crippen LogP contribution in [0.2, 0.25) is 0 Å². The number of phenols is 1. The van der Waals surface area contributed by atoms with Crippen molar-refractivity contribution in [2.75, 3.05) is 0 Å². The lowest BCUT2D eigenvalue weighted by atomic mass is 10.0. The molecule has 0 saturated carbocycles. The maximum Gasteiger partial charge on any atom is 0.328 e. The van der Waals surface area contributed by atoms with Gasteiger partial charge in [-0.15, -0.1) is 0 Å². The van der Waals surface area contributed by atoms with Crippen molar-refractivity contribution in [3.05, 3.63) is 29.8 Å². The molecular formula is C22H34N4O7. The first-order chi connectivity index (χ1) is 15.3. The number of benzene rings is 1. The molecular weight excluding hydrogens is 432 g/mol. The number of nitrogens with one attached hydrogen (secondary N) is 3. The Morgan fingerprint density at radius 2 is 1.48 bits per heavy atom. The van der Waals surface area contributed by atoms with E-state index in [0.29, 0.717) is 12.0 Å². The number of aliphatic hydroxyl groups is 1. The van der Waals surface area contributed by atoms with Crippen LogP contribution in [0.25, 0.3) is 0 Å². The van der Waals surface area contributed by atoms with Gasteiger partial charge in [0, 0.05) is 6.42 Å². The standard InChI is InChI=1S/C22H34N4O7/c1-11(2)9-16(23)20(30)25-17(10-14-5-7-15(28)8-6-14)21(31)24-12(3)19(29)26-18(13(4)27)22(32)33/h5-8,11-13,16-18,27-28H,9-10,23H2,1-4H3,(H,24,31)(H,25,30)(H,26,29)(H,32,33). The van der Waals surface area contributed by atoms with E-state index in [9.17, 15) is 29.4 Å². The van der Waals surface area contributed by atoms with E-state index in [1.165, 1.54) is 26.0 Å². The highest BCUT2D eigenvalue weighted by molar-refractivity contribution is 5.94. The lowest BCUT2D eigenvalue weighted by Crippen LogP contribution is -2.58. The van der Waals surface area contributed by atoms with E-state index >= 15 is 0 Å². The summed E-state index contributed by atoms with van der Waals surface area (Å²) in [6, 6.07) is 1.45. The minimum Gasteiger partial charge on any atom is -0.508 e. The minimum atomic E-state index is -1.54. The average molecular weight is 467 g/mol. The smallest absolute Gasteiger partial charge is 0.328 e. The maximum atomic E-state index is 12.9. The van der Waals surface area contributed by atoms with Gasteiger partial charge in [0.1, 0.15) is 17.8 Å². The molecule has 0 fully saturated rings. The molecule has 0 bridgehead atoms. The predicted octanol–water partition coefficient (Wildman–Crippen LogP) is -0.752. The molecule has 0 aliphatic rings. The number of carboxylic acids is 1. The molecule has 33 heavy (non-hydrogen) atoms. The molecule has 5 atom stereocenters. The Labute approximate surface area is 192 Å². The zero-order chi connectivity index (χ0) is 25.3. The predicted molar refractivity (Wildman–Crippen MR) is 120 cm³/mol. The Bertz CT molecular complexity index is 827. The molecule has 11 nitrogen and oxygen atoms in total. The van der Waals surface area contributed by atoms with Gasteiger partial charge in [-0.25, -0.2) is 4.79 Å². The number of rotatable bonds is 12. The number of amides is 3. The second kappa shape index (κ2) is 12.8. The van der Waals surface area contributed by atoms with Crippen molar-refractivity contribution < 1.29 is 34.5 Å². The molecule has 0 aliphatic heterocycles. The molecule has 0 aliphatic carbocycles. The Morgan fingerprint density at radius 1 is 0.909 bits per heavy atom. The number of carbonyl (C=O) groups excluding carboxylic acids is 3. The molecule has 5 unspecified atom stereocenters. The number of aliphatic carboxylic acids is 1. The van der Waals surface area contributed by atoms with Gasteiger partial charge in [0.25, 0.3) is 0 Å². The Hall–Kier alpha value is -3.18. The summed E-state index contributed by atoms with van der Waals surface area (Å²) in [5.74, 6) is -3.25. The highest BCUT2D eigenvalue weighted by atomic mass is 16.4. The fraction of sp³-hybridized carbons (Fsp3) is 0.545. The molecule has 0 radical (unpaired) electrons. The molecule has 11 heteroatoms. The van der Waals surface area contributed by atoms with Crippen molar-refractivity contribution in [3.63, 3.8) is 0 Å². The topological polar surface area (TPSA) is 191 Å². The number of aliphatic hydroxyl groups excluding tert-OH is 1. The van der Waals surface area contributed by atoms with E-state index in [4.69, 9.17) is 10.8 Å². The summed E-state index contributed by atoms with van der Waals surface area (Å²) >= 11 is 0. The molecule has 1 aromatic carbocycles. The van der Waals surface area contributed by atoms with Gasteiger partial charge in [-0.3, -0.25) is 14.4 Å².